The first-order chi connectivity index (χ1) is 18.7. The summed E-state index contributed by atoms with van der Waals surface area (Å²) in [6, 6.07) is 5.39. The fourth-order valence-electron chi connectivity index (χ4n) is 5.65. The van der Waals surface area contributed by atoms with Crippen molar-refractivity contribution in [1.29, 1.82) is 0 Å². The highest BCUT2D eigenvalue weighted by molar-refractivity contribution is 6.10. The second-order valence-corrected chi connectivity index (χ2v) is 11.4. The van der Waals surface area contributed by atoms with Crippen LogP contribution in [0.1, 0.15) is 53.0 Å². The van der Waals surface area contributed by atoms with E-state index in [1.807, 2.05) is 12.1 Å². The number of nitrogens with zero attached hydrogens (tertiary/aromatic N) is 5. The average molecular weight is 537 g/mol. The zero-order chi connectivity index (χ0) is 27.3. The SMILES string of the molecule is CC(C)(O)C(F)CN1Cc2cc(NC(=O)c3cnn4cccnc34)c(N3CCC(C4COC4)CC3)cc2C1=O. The number of benzene rings is 1. The maximum absolute atomic E-state index is 14.7. The summed E-state index contributed by atoms with van der Waals surface area (Å²) in [6.45, 7) is 6.02. The lowest BCUT2D eigenvalue weighted by molar-refractivity contribution is -0.0650. The summed E-state index contributed by atoms with van der Waals surface area (Å²) in [7, 11) is 0. The number of hydrogen-bond acceptors (Lipinski definition) is 7. The third-order valence-corrected chi connectivity index (χ3v) is 8.23. The first-order valence-corrected chi connectivity index (χ1v) is 13.4. The second-order valence-electron chi connectivity index (χ2n) is 11.4. The molecule has 3 aromatic rings. The topological polar surface area (TPSA) is 112 Å². The molecule has 5 heterocycles. The van der Waals surface area contributed by atoms with Gasteiger partial charge in [-0.1, -0.05) is 0 Å². The first kappa shape index (κ1) is 25.7. The molecular formula is C28H33FN6O4. The van der Waals surface area contributed by atoms with E-state index >= 15 is 0 Å². The lowest BCUT2D eigenvalue weighted by Gasteiger charge is -2.41. The largest absolute Gasteiger partial charge is 0.387 e. The molecule has 2 amide bonds. The van der Waals surface area contributed by atoms with Crippen LogP contribution in [0.5, 0.6) is 0 Å². The maximum Gasteiger partial charge on any atom is 0.261 e. The van der Waals surface area contributed by atoms with Gasteiger partial charge in [0.25, 0.3) is 11.8 Å². The second kappa shape index (κ2) is 9.87. The number of aromatic nitrogens is 3. The van der Waals surface area contributed by atoms with Crippen LogP contribution in [0.4, 0.5) is 15.8 Å². The van der Waals surface area contributed by atoms with Gasteiger partial charge in [-0.2, -0.15) is 5.10 Å². The third-order valence-electron chi connectivity index (χ3n) is 8.23. The monoisotopic (exact) mass is 536 g/mol. The Balaban J connectivity index is 1.30. The summed E-state index contributed by atoms with van der Waals surface area (Å²) < 4.78 is 21.6. The van der Waals surface area contributed by atoms with E-state index in [1.54, 1.807) is 23.0 Å². The van der Waals surface area contributed by atoms with E-state index in [0.717, 1.165) is 44.8 Å². The lowest BCUT2D eigenvalue weighted by Crippen LogP contribution is -2.42. The Morgan fingerprint density at radius 3 is 2.72 bits per heavy atom. The molecule has 0 aliphatic carbocycles. The molecule has 2 N–H and O–H groups in total. The number of ether oxygens (including phenoxy) is 1. The van der Waals surface area contributed by atoms with E-state index < -0.39 is 11.8 Å². The minimum atomic E-state index is -1.59. The number of anilines is 2. The number of nitrogens with one attached hydrogen (secondary N) is 1. The van der Waals surface area contributed by atoms with Crippen molar-refractivity contribution in [1.82, 2.24) is 19.5 Å². The van der Waals surface area contributed by atoms with Crippen LogP contribution in [0.25, 0.3) is 5.65 Å². The summed E-state index contributed by atoms with van der Waals surface area (Å²) in [6.07, 6.45) is 5.24. The summed E-state index contributed by atoms with van der Waals surface area (Å²) in [5, 5.41) is 17.3. The van der Waals surface area contributed by atoms with Gasteiger partial charge in [-0.05, 0) is 56.4 Å². The standard InChI is InChI=1S/C28H33FN6O4/c1-28(2,38)24(29)14-34-13-18-10-22(32-26(36)21-12-31-35-7-3-6-30-25(21)35)23(11-20(18)27(34)37)33-8-4-17(5-9-33)19-15-39-16-19/h3,6-7,10-12,17,19,24,38H,4-5,8-9,13-16H2,1-2H3,(H,32,36). The number of fused-ring (bicyclic) bond motifs is 2. The molecule has 0 spiro atoms. The Hall–Kier alpha value is -3.57. The van der Waals surface area contributed by atoms with Crippen LogP contribution in [-0.2, 0) is 11.3 Å². The molecule has 206 valence electrons. The number of amides is 2. The summed E-state index contributed by atoms with van der Waals surface area (Å²) in [5.41, 5.74) is 1.80. The average Bonchev–Trinajstić information content (AvgIpc) is 3.43. The van der Waals surface area contributed by atoms with E-state index in [4.69, 9.17) is 4.74 Å². The molecule has 0 bridgehead atoms. The van der Waals surface area contributed by atoms with Gasteiger partial charge in [0, 0.05) is 43.5 Å². The van der Waals surface area contributed by atoms with Gasteiger partial charge in [-0.15, -0.1) is 0 Å². The van der Waals surface area contributed by atoms with Crippen LogP contribution in [0.3, 0.4) is 0 Å². The molecule has 0 radical (unpaired) electrons. The smallest absolute Gasteiger partial charge is 0.261 e. The number of carbonyl (C=O) groups excluding carboxylic acids is 2. The van der Waals surface area contributed by atoms with Crippen LogP contribution in [0.15, 0.2) is 36.8 Å². The maximum atomic E-state index is 14.7. The van der Waals surface area contributed by atoms with Crippen molar-refractivity contribution in [3.05, 3.63) is 53.5 Å². The summed E-state index contributed by atoms with van der Waals surface area (Å²) in [4.78, 5) is 34.6. The van der Waals surface area contributed by atoms with Gasteiger partial charge in [0.15, 0.2) is 5.65 Å². The zero-order valence-corrected chi connectivity index (χ0v) is 22.1. The van der Waals surface area contributed by atoms with Gasteiger partial charge in [0.2, 0.25) is 0 Å². The fraction of sp³-hybridized carbons (Fsp3) is 0.500. The van der Waals surface area contributed by atoms with Gasteiger partial charge in [-0.3, -0.25) is 9.59 Å². The predicted molar refractivity (Wildman–Crippen MR) is 143 cm³/mol. The van der Waals surface area contributed by atoms with Crippen LogP contribution < -0.4 is 10.2 Å². The quantitative estimate of drug-likeness (QED) is 0.478. The van der Waals surface area contributed by atoms with Crippen LogP contribution >= 0.6 is 0 Å². The number of aliphatic hydroxyl groups is 1. The molecule has 2 aromatic heterocycles. The van der Waals surface area contributed by atoms with Crippen molar-refractivity contribution < 1.29 is 23.8 Å². The van der Waals surface area contributed by atoms with Gasteiger partial charge in [0.05, 0.1) is 42.9 Å². The molecular weight excluding hydrogens is 503 g/mol. The molecule has 2 fully saturated rings. The summed E-state index contributed by atoms with van der Waals surface area (Å²) >= 11 is 0. The minimum absolute atomic E-state index is 0.204. The minimum Gasteiger partial charge on any atom is -0.387 e. The van der Waals surface area contributed by atoms with Crippen LogP contribution in [0.2, 0.25) is 0 Å². The number of hydrogen-bond donors (Lipinski definition) is 2. The van der Waals surface area contributed by atoms with Crippen molar-refractivity contribution in [2.75, 3.05) is 43.1 Å². The summed E-state index contributed by atoms with van der Waals surface area (Å²) in [5.74, 6) is 0.588. The Morgan fingerprint density at radius 1 is 1.26 bits per heavy atom. The van der Waals surface area contributed by atoms with Crippen molar-refractivity contribution in [2.45, 2.75) is 45.0 Å². The highest BCUT2D eigenvalue weighted by atomic mass is 19.1. The molecule has 2 saturated heterocycles. The van der Waals surface area contributed by atoms with E-state index in [2.05, 4.69) is 20.3 Å². The lowest BCUT2D eigenvalue weighted by atomic mass is 9.83. The van der Waals surface area contributed by atoms with Gasteiger partial charge in [-0.25, -0.2) is 13.9 Å². The number of alkyl halides is 1. The van der Waals surface area contributed by atoms with Crippen molar-refractivity contribution in [2.24, 2.45) is 11.8 Å². The highest BCUT2D eigenvalue weighted by Gasteiger charge is 2.37. The van der Waals surface area contributed by atoms with Gasteiger partial charge >= 0.3 is 0 Å². The number of rotatable bonds is 7. The molecule has 1 aromatic carbocycles. The molecule has 6 rings (SSSR count). The van der Waals surface area contributed by atoms with E-state index in [0.29, 0.717) is 39.9 Å². The third kappa shape index (κ3) is 4.85. The predicted octanol–water partition coefficient (Wildman–Crippen LogP) is 2.91. The van der Waals surface area contributed by atoms with Crippen LogP contribution in [0, 0.1) is 11.8 Å². The van der Waals surface area contributed by atoms with E-state index in [-0.39, 0.29) is 24.9 Å². The Labute approximate surface area is 225 Å². The normalized spacial score (nSPS) is 19.3. The molecule has 3 aliphatic heterocycles. The fourth-order valence-corrected chi connectivity index (χ4v) is 5.65. The van der Waals surface area contributed by atoms with Crippen molar-refractivity contribution >= 4 is 28.8 Å². The molecule has 39 heavy (non-hydrogen) atoms. The molecule has 1 unspecified atom stereocenters. The molecule has 1 atom stereocenters. The van der Waals surface area contributed by atoms with Crippen molar-refractivity contribution in [3.63, 3.8) is 0 Å². The van der Waals surface area contributed by atoms with E-state index in [9.17, 15) is 19.1 Å². The molecule has 10 nitrogen and oxygen atoms in total. The van der Waals surface area contributed by atoms with Gasteiger partial charge in [0.1, 0.15) is 11.7 Å². The highest BCUT2D eigenvalue weighted by Crippen LogP contribution is 2.38. The number of carbonyl (C=O) groups is 2. The zero-order valence-electron chi connectivity index (χ0n) is 22.1. The molecule has 0 saturated carbocycles. The van der Waals surface area contributed by atoms with E-state index in [1.165, 1.54) is 24.9 Å². The van der Waals surface area contributed by atoms with Crippen molar-refractivity contribution in [3.8, 4) is 0 Å². The first-order valence-electron chi connectivity index (χ1n) is 13.4. The number of piperidine rings is 1. The Morgan fingerprint density at radius 2 is 2.03 bits per heavy atom. The number of halogens is 1. The van der Waals surface area contributed by atoms with Gasteiger partial charge < -0.3 is 25.0 Å². The molecule has 11 heteroatoms. The van der Waals surface area contributed by atoms with Crippen LogP contribution in [-0.4, -0.2) is 81.0 Å². The molecule has 3 aliphatic rings. The Bertz CT molecular complexity index is 1410. The Kier molecular flexibility index (Phi) is 6.50.